The van der Waals surface area contributed by atoms with Gasteiger partial charge in [-0.25, -0.2) is 4.79 Å². The van der Waals surface area contributed by atoms with Crippen molar-refractivity contribution in [2.45, 2.75) is 32.9 Å². The first-order valence-corrected chi connectivity index (χ1v) is 10.6. The molecule has 10 heteroatoms. The lowest BCUT2D eigenvalue weighted by molar-refractivity contribution is -0.384. The van der Waals surface area contributed by atoms with E-state index in [0.29, 0.717) is 27.6 Å². The maximum atomic E-state index is 12.8. The summed E-state index contributed by atoms with van der Waals surface area (Å²) < 4.78 is 5.44. The molecule has 2 aromatic rings. The maximum absolute atomic E-state index is 12.8. The van der Waals surface area contributed by atoms with Crippen molar-refractivity contribution in [3.63, 3.8) is 0 Å². The summed E-state index contributed by atoms with van der Waals surface area (Å²) >= 11 is 5.40. The predicted molar refractivity (Wildman–Crippen MR) is 128 cm³/mol. The molecule has 0 saturated heterocycles. The van der Waals surface area contributed by atoms with E-state index in [0.717, 1.165) is 5.56 Å². The van der Waals surface area contributed by atoms with Crippen LogP contribution in [0.5, 0.6) is 0 Å². The predicted octanol–water partition coefficient (Wildman–Crippen LogP) is 3.93. The summed E-state index contributed by atoms with van der Waals surface area (Å²) in [5.74, 6) is -0.821. The Labute approximate surface area is 196 Å². The average molecular weight is 469 g/mol. The number of anilines is 1. The Kier molecular flexibility index (Phi) is 7.07. The second kappa shape index (κ2) is 9.78. The van der Waals surface area contributed by atoms with Crippen LogP contribution in [0.2, 0.25) is 0 Å². The minimum absolute atomic E-state index is 0.0883. The zero-order chi connectivity index (χ0) is 24.3. The van der Waals surface area contributed by atoms with Gasteiger partial charge >= 0.3 is 5.97 Å². The molecule has 0 aliphatic carbocycles. The van der Waals surface area contributed by atoms with E-state index in [9.17, 15) is 19.7 Å². The fraction of sp³-hybridized carbons (Fsp3) is 0.261. The second-order valence-electron chi connectivity index (χ2n) is 7.77. The number of nitrogens with one attached hydrogen (secondary N) is 2. The van der Waals surface area contributed by atoms with Crippen molar-refractivity contribution in [3.05, 3.63) is 81.0 Å². The fourth-order valence-corrected chi connectivity index (χ4v) is 3.58. The van der Waals surface area contributed by atoms with Crippen molar-refractivity contribution >= 4 is 40.6 Å². The summed E-state index contributed by atoms with van der Waals surface area (Å²) in [5.41, 5.74) is 2.67. The zero-order valence-electron chi connectivity index (χ0n) is 18.6. The topological polar surface area (TPSA) is 114 Å². The molecule has 2 N–H and O–H groups in total. The summed E-state index contributed by atoms with van der Waals surface area (Å²) in [6.45, 7) is 5.39. The summed E-state index contributed by atoms with van der Waals surface area (Å²) in [6.07, 6.45) is -0.269. The molecule has 1 atom stereocenters. The molecule has 1 heterocycles. The number of nitro benzene ring substituents is 1. The van der Waals surface area contributed by atoms with Gasteiger partial charge in [-0.15, -0.1) is 0 Å². The SMILES string of the molecule is CC1=C(C(=O)OC(C)C)C(c2ccc(NC(=O)c3ccc([N+](=O)[O-])cc3)cc2)NC(=S)N1C. The van der Waals surface area contributed by atoms with E-state index in [4.69, 9.17) is 17.0 Å². The van der Waals surface area contributed by atoms with Gasteiger partial charge in [-0.3, -0.25) is 14.9 Å². The first-order chi connectivity index (χ1) is 15.6. The largest absolute Gasteiger partial charge is 0.459 e. The van der Waals surface area contributed by atoms with E-state index >= 15 is 0 Å². The van der Waals surface area contributed by atoms with Crippen molar-refractivity contribution in [2.24, 2.45) is 0 Å². The number of esters is 1. The van der Waals surface area contributed by atoms with E-state index in [-0.39, 0.29) is 11.8 Å². The van der Waals surface area contributed by atoms with Crippen molar-refractivity contribution in [3.8, 4) is 0 Å². The van der Waals surface area contributed by atoms with E-state index < -0.39 is 22.8 Å². The molecular formula is C23H24N4O5S. The molecule has 0 spiro atoms. The van der Waals surface area contributed by atoms with Gasteiger partial charge in [0.15, 0.2) is 5.11 Å². The van der Waals surface area contributed by atoms with Crippen LogP contribution in [0, 0.1) is 10.1 Å². The van der Waals surface area contributed by atoms with Crippen LogP contribution >= 0.6 is 12.2 Å². The molecule has 0 bridgehead atoms. The number of carbonyl (C=O) groups excluding carboxylic acids is 2. The molecule has 1 amide bonds. The number of ether oxygens (including phenoxy) is 1. The van der Waals surface area contributed by atoms with Gasteiger partial charge in [0.05, 0.1) is 22.6 Å². The monoisotopic (exact) mass is 468 g/mol. The van der Waals surface area contributed by atoms with Crippen LogP contribution in [0.1, 0.15) is 42.7 Å². The van der Waals surface area contributed by atoms with Gasteiger partial charge in [-0.1, -0.05) is 12.1 Å². The number of hydrogen-bond acceptors (Lipinski definition) is 6. The Morgan fingerprint density at radius 3 is 2.30 bits per heavy atom. The Balaban J connectivity index is 1.81. The number of carbonyl (C=O) groups is 2. The smallest absolute Gasteiger partial charge is 0.338 e. The number of nitro groups is 1. The van der Waals surface area contributed by atoms with Crippen LogP contribution in [-0.4, -0.2) is 40.0 Å². The number of allylic oxidation sites excluding steroid dienone is 1. The summed E-state index contributed by atoms with van der Waals surface area (Å²) in [4.78, 5) is 37.2. The average Bonchev–Trinajstić information content (AvgIpc) is 2.77. The summed E-state index contributed by atoms with van der Waals surface area (Å²) in [6, 6.07) is 11.8. The van der Waals surface area contributed by atoms with Gasteiger partial charge < -0.3 is 20.3 Å². The third kappa shape index (κ3) is 5.35. The quantitative estimate of drug-likeness (QED) is 0.284. The van der Waals surface area contributed by atoms with Crippen molar-refractivity contribution in [1.82, 2.24) is 10.2 Å². The highest BCUT2D eigenvalue weighted by molar-refractivity contribution is 7.80. The lowest BCUT2D eigenvalue weighted by Crippen LogP contribution is -2.46. The summed E-state index contributed by atoms with van der Waals surface area (Å²) in [7, 11) is 1.78. The van der Waals surface area contributed by atoms with Crippen molar-refractivity contribution in [2.75, 3.05) is 12.4 Å². The highest BCUT2D eigenvalue weighted by Gasteiger charge is 2.33. The Morgan fingerprint density at radius 1 is 1.15 bits per heavy atom. The van der Waals surface area contributed by atoms with Gasteiger partial charge in [0.25, 0.3) is 11.6 Å². The second-order valence-corrected chi connectivity index (χ2v) is 8.16. The van der Waals surface area contributed by atoms with Crippen LogP contribution in [0.3, 0.4) is 0 Å². The van der Waals surface area contributed by atoms with E-state index in [1.165, 1.54) is 24.3 Å². The lowest BCUT2D eigenvalue weighted by Gasteiger charge is -2.35. The van der Waals surface area contributed by atoms with Crippen LogP contribution in [-0.2, 0) is 9.53 Å². The normalized spacial score (nSPS) is 15.8. The standard InChI is InChI=1S/C23H24N4O5S/c1-13(2)32-22(29)19-14(3)26(4)23(33)25-20(19)15-5-9-17(10-6-15)24-21(28)16-7-11-18(12-8-16)27(30)31/h5-13,20H,1-4H3,(H,24,28)(H,25,33). The Bertz CT molecular complexity index is 1130. The van der Waals surface area contributed by atoms with Crippen LogP contribution in [0.4, 0.5) is 11.4 Å². The van der Waals surface area contributed by atoms with Crippen molar-refractivity contribution in [1.29, 1.82) is 0 Å². The number of hydrogen-bond donors (Lipinski definition) is 2. The number of non-ortho nitro benzene ring substituents is 1. The Morgan fingerprint density at radius 2 is 1.76 bits per heavy atom. The minimum Gasteiger partial charge on any atom is -0.459 e. The molecule has 0 aromatic heterocycles. The van der Waals surface area contributed by atoms with Gasteiger partial charge in [0, 0.05) is 36.1 Å². The zero-order valence-corrected chi connectivity index (χ0v) is 19.4. The molecular weight excluding hydrogens is 444 g/mol. The third-order valence-electron chi connectivity index (χ3n) is 5.16. The number of amides is 1. The molecule has 3 rings (SSSR count). The molecule has 2 aromatic carbocycles. The Hall–Kier alpha value is -3.79. The summed E-state index contributed by atoms with van der Waals surface area (Å²) in [5, 5.41) is 17.2. The number of benzene rings is 2. The van der Waals surface area contributed by atoms with Gasteiger partial charge in [-0.2, -0.15) is 0 Å². The molecule has 1 unspecified atom stereocenters. The molecule has 1 aliphatic rings. The van der Waals surface area contributed by atoms with E-state index in [2.05, 4.69) is 10.6 Å². The molecule has 172 valence electrons. The van der Waals surface area contributed by atoms with Crippen LogP contribution in [0.25, 0.3) is 0 Å². The van der Waals surface area contributed by atoms with E-state index in [1.807, 2.05) is 6.92 Å². The molecule has 33 heavy (non-hydrogen) atoms. The van der Waals surface area contributed by atoms with Crippen LogP contribution < -0.4 is 10.6 Å². The molecule has 9 nitrogen and oxygen atoms in total. The van der Waals surface area contributed by atoms with Gasteiger partial charge in [0.2, 0.25) is 0 Å². The molecule has 0 fully saturated rings. The first-order valence-electron chi connectivity index (χ1n) is 10.2. The highest BCUT2D eigenvalue weighted by atomic mass is 32.1. The first kappa shape index (κ1) is 23.9. The van der Waals surface area contributed by atoms with Gasteiger partial charge in [-0.05, 0) is 62.8 Å². The van der Waals surface area contributed by atoms with Gasteiger partial charge in [0.1, 0.15) is 0 Å². The number of rotatable bonds is 6. The maximum Gasteiger partial charge on any atom is 0.338 e. The number of thiocarbonyl (C=S) groups is 1. The highest BCUT2D eigenvalue weighted by Crippen LogP contribution is 2.31. The molecule has 0 radical (unpaired) electrons. The van der Waals surface area contributed by atoms with E-state index in [1.54, 1.807) is 50.1 Å². The van der Waals surface area contributed by atoms with Crippen LogP contribution in [0.15, 0.2) is 59.8 Å². The fourth-order valence-electron chi connectivity index (χ4n) is 3.32. The number of nitrogens with zero attached hydrogens (tertiary/aromatic N) is 2. The minimum atomic E-state index is -0.523. The van der Waals surface area contributed by atoms with Crippen molar-refractivity contribution < 1.29 is 19.2 Å². The molecule has 1 aliphatic heterocycles. The lowest BCUT2D eigenvalue weighted by atomic mass is 9.95. The third-order valence-corrected chi connectivity index (χ3v) is 5.55. The molecule has 0 saturated carbocycles.